The molecule has 2 aromatic rings. The Morgan fingerprint density at radius 3 is 2.81 bits per heavy atom. The van der Waals surface area contributed by atoms with Gasteiger partial charge in [-0.1, -0.05) is 16.8 Å². The summed E-state index contributed by atoms with van der Waals surface area (Å²) in [6.45, 7) is 0.330. The van der Waals surface area contributed by atoms with Gasteiger partial charge in [-0.05, 0) is 18.2 Å². The Labute approximate surface area is 97.9 Å². The molecule has 1 aromatic carbocycles. The van der Waals surface area contributed by atoms with Gasteiger partial charge in [-0.25, -0.2) is 0 Å². The number of aromatic nitrogens is 1. The normalized spacial score (nSPS) is 10.4. The molecule has 16 heavy (non-hydrogen) atoms. The second-order valence-electron chi connectivity index (χ2n) is 3.23. The predicted octanol–water partition coefficient (Wildman–Crippen LogP) is 2.46. The molecule has 5 heteroatoms. The highest BCUT2D eigenvalue weighted by molar-refractivity contribution is 6.32. The summed E-state index contributed by atoms with van der Waals surface area (Å²) >= 11 is 6.01. The van der Waals surface area contributed by atoms with Crippen molar-refractivity contribution in [2.45, 2.75) is 6.54 Å². The summed E-state index contributed by atoms with van der Waals surface area (Å²) in [7, 11) is 1.57. The number of nitrogens with zero attached hydrogens (tertiary/aromatic N) is 1. The van der Waals surface area contributed by atoms with Gasteiger partial charge in [0.2, 0.25) is 0 Å². The summed E-state index contributed by atoms with van der Waals surface area (Å²) in [5, 5.41) is 4.44. The molecular formula is C11H11ClN2O2. The molecule has 1 aromatic heterocycles. The van der Waals surface area contributed by atoms with Gasteiger partial charge in [0.25, 0.3) is 0 Å². The average molecular weight is 239 g/mol. The van der Waals surface area contributed by atoms with Gasteiger partial charge in [0.05, 0.1) is 18.7 Å². The molecule has 0 amide bonds. The van der Waals surface area contributed by atoms with E-state index in [9.17, 15) is 0 Å². The maximum atomic E-state index is 6.01. The lowest BCUT2D eigenvalue weighted by atomic mass is 10.1. The number of hydrogen-bond donors (Lipinski definition) is 1. The molecule has 0 radical (unpaired) electrons. The van der Waals surface area contributed by atoms with Crippen molar-refractivity contribution in [1.29, 1.82) is 0 Å². The summed E-state index contributed by atoms with van der Waals surface area (Å²) in [5.74, 6) is 1.27. The minimum atomic E-state index is 0.330. The molecule has 2 N–H and O–H groups in total. The van der Waals surface area contributed by atoms with Crippen molar-refractivity contribution < 1.29 is 9.26 Å². The fourth-order valence-corrected chi connectivity index (χ4v) is 1.63. The molecule has 2 rings (SSSR count). The van der Waals surface area contributed by atoms with E-state index in [0.717, 1.165) is 5.56 Å². The quantitative estimate of drug-likeness (QED) is 0.892. The smallest absolute Gasteiger partial charge is 0.150 e. The Balaban J connectivity index is 2.37. The lowest BCUT2D eigenvalue weighted by Gasteiger charge is -2.03. The standard InChI is InChI=1S/C11H11ClN2O2/c1-15-11-3-2-7(4-9(11)12)10-5-8(6-13)16-14-10/h2-5H,6,13H2,1H3. The fourth-order valence-electron chi connectivity index (χ4n) is 1.37. The van der Waals surface area contributed by atoms with Crippen LogP contribution in [0, 0.1) is 0 Å². The van der Waals surface area contributed by atoms with Crippen molar-refractivity contribution in [2.75, 3.05) is 7.11 Å². The van der Waals surface area contributed by atoms with Gasteiger partial charge >= 0.3 is 0 Å². The van der Waals surface area contributed by atoms with Crippen LogP contribution >= 0.6 is 11.6 Å². The molecule has 0 aliphatic heterocycles. The fraction of sp³-hybridized carbons (Fsp3) is 0.182. The first-order valence-electron chi connectivity index (χ1n) is 4.74. The monoisotopic (exact) mass is 238 g/mol. The summed E-state index contributed by atoms with van der Waals surface area (Å²) in [4.78, 5) is 0. The zero-order valence-corrected chi connectivity index (χ0v) is 9.49. The van der Waals surface area contributed by atoms with Crippen molar-refractivity contribution in [3.05, 3.63) is 35.0 Å². The first kappa shape index (κ1) is 11.0. The molecule has 0 saturated heterocycles. The third-order valence-electron chi connectivity index (χ3n) is 2.21. The van der Waals surface area contributed by atoms with Gasteiger partial charge in [-0.3, -0.25) is 0 Å². The SMILES string of the molecule is COc1ccc(-c2cc(CN)on2)cc1Cl. The van der Waals surface area contributed by atoms with Crippen LogP contribution in [0.5, 0.6) is 5.75 Å². The van der Waals surface area contributed by atoms with Crippen LogP contribution in [-0.2, 0) is 6.54 Å². The summed E-state index contributed by atoms with van der Waals surface area (Å²) in [6, 6.07) is 7.22. The number of methoxy groups -OCH3 is 1. The molecule has 0 aliphatic rings. The summed E-state index contributed by atoms with van der Waals surface area (Å²) in [6.07, 6.45) is 0. The topological polar surface area (TPSA) is 61.3 Å². The van der Waals surface area contributed by atoms with Crippen LogP contribution in [0.15, 0.2) is 28.8 Å². The zero-order valence-electron chi connectivity index (χ0n) is 8.74. The van der Waals surface area contributed by atoms with Crippen LogP contribution in [0.25, 0.3) is 11.3 Å². The Morgan fingerprint density at radius 1 is 1.44 bits per heavy atom. The Bertz CT molecular complexity index is 496. The second-order valence-corrected chi connectivity index (χ2v) is 3.64. The van der Waals surface area contributed by atoms with Gasteiger partial charge in [0.1, 0.15) is 11.4 Å². The first-order valence-corrected chi connectivity index (χ1v) is 5.12. The lowest BCUT2D eigenvalue weighted by Crippen LogP contribution is -1.92. The van der Waals surface area contributed by atoms with Crippen molar-refractivity contribution >= 4 is 11.6 Å². The van der Waals surface area contributed by atoms with Crippen molar-refractivity contribution in [1.82, 2.24) is 5.16 Å². The van der Waals surface area contributed by atoms with E-state index in [4.69, 9.17) is 26.6 Å². The van der Waals surface area contributed by atoms with Gasteiger partial charge in [-0.2, -0.15) is 0 Å². The molecule has 0 spiro atoms. The maximum Gasteiger partial charge on any atom is 0.150 e. The molecule has 0 unspecified atom stereocenters. The van der Waals surface area contributed by atoms with Gasteiger partial charge in [0.15, 0.2) is 5.76 Å². The number of hydrogen-bond acceptors (Lipinski definition) is 4. The predicted molar refractivity (Wildman–Crippen MR) is 61.4 cm³/mol. The first-order chi connectivity index (χ1) is 7.74. The van der Waals surface area contributed by atoms with E-state index in [1.807, 2.05) is 6.07 Å². The molecular weight excluding hydrogens is 228 g/mol. The van der Waals surface area contributed by atoms with Crippen LogP contribution in [0.2, 0.25) is 5.02 Å². The lowest BCUT2D eigenvalue weighted by molar-refractivity contribution is 0.387. The molecule has 1 heterocycles. The Kier molecular flexibility index (Phi) is 3.12. The molecule has 84 valence electrons. The largest absolute Gasteiger partial charge is 0.495 e. The summed E-state index contributed by atoms with van der Waals surface area (Å²) < 4.78 is 10.1. The van der Waals surface area contributed by atoms with E-state index >= 15 is 0 Å². The third kappa shape index (κ3) is 2.03. The maximum absolute atomic E-state index is 6.01. The van der Waals surface area contributed by atoms with E-state index in [2.05, 4.69) is 5.16 Å². The van der Waals surface area contributed by atoms with Gasteiger partial charge in [-0.15, -0.1) is 0 Å². The zero-order chi connectivity index (χ0) is 11.5. The highest BCUT2D eigenvalue weighted by Crippen LogP contribution is 2.29. The minimum Gasteiger partial charge on any atom is -0.495 e. The van der Waals surface area contributed by atoms with Crippen LogP contribution in [0.1, 0.15) is 5.76 Å². The van der Waals surface area contributed by atoms with Gasteiger partial charge in [0, 0.05) is 11.6 Å². The van der Waals surface area contributed by atoms with Crippen LogP contribution in [0.4, 0.5) is 0 Å². The summed E-state index contributed by atoms with van der Waals surface area (Å²) in [5.41, 5.74) is 7.02. The number of ether oxygens (including phenoxy) is 1. The second kappa shape index (κ2) is 4.55. The molecule has 0 aliphatic carbocycles. The van der Waals surface area contributed by atoms with E-state index in [1.165, 1.54) is 0 Å². The minimum absolute atomic E-state index is 0.330. The van der Waals surface area contributed by atoms with E-state index < -0.39 is 0 Å². The van der Waals surface area contributed by atoms with Crippen LogP contribution in [-0.4, -0.2) is 12.3 Å². The molecule has 0 atom stereocenters. The van der Waals surface area contributed by atoms with E-state index in [-0.39, 0.29) is 0 Å². The van der Waals surface area contributed by atoms with Crippen molar-refractivity contribution in [3.8, 4) is 17.0 Å². The number of rotatable bonds is 3. The molecule has 4 nitrogen and oxygen atoms in total. The highest BCUT2D eigenvalue weighted by Gasteiger charge is 2.08. The van der Waals surface area contributed by atoms with E-state index in [0.29, 0.717) is 28.8 Å². The number of benzene rings is 1. The Morgan fingerprint density at radius 2 is 2.25 bits per heavy atom. The molecule has 0 bridgehead atoms. The van der Waals surface area contributed by atoms with Crippen molar-refractivity contribution in [3.63, 3.8) is 0 Å². The number of nitrogens with two attached hydrogens (primary N) is 1. The van der Waals surface area contributed by atoms with Crippen molar-refractivity contribution in [2.24, 2.45) is 5.73 Å². The molecule has 0 fully saturated rings. The van der Waals surface area contributed by atoms with E-state index in [1.54, 1.807) is 25.3 Å². The van der Waals surface area contributed by atoms with Crippen LogP contribution < -0.4 is 10.5 Å². The number of halogens is 1. The highest BCUT2D eigenvalue weighted by atomic mass is 35.5. The molecule has 0 saturated carbocycles. The van der Waals surface area contributed by atoms with Crippen LogP contribution in [0.3, 0.4) is 0 Å². The average Bonchev–Trinajstić information content (AvgIpc) is 2.77. The Hall–Kier alpha value is -1.52. The van der Waals surface area contributed by atoms with Gasteiger partial charge < -0.3 is 15.0 Å². The third-order valence-corrected chi connectivity index (χ3v) is 2.50.